The van der Waals surface area contributed by atoms with E-state index in [1.807, 2.05) is 6.92 Å². The number of amides is 1. The molecule has 0 bridgehead atoms. The normalized spacial score (nSPS) is 16.9. The van der Waals surface area contributed by atoms with Gasteiger partial charge in [-0.1, -0.05) is 13.8 Å². The zero-order valence-electron chi connectivity index (χ0n) is 10.7. The van der Waals surface area contributed by atoms with Gasteiger partial charge in [-0.15, -0.1) is 0 Å². The number of nitrogens with two attached hydrogens (primary N) is 1. The molecule has 0 aromatic carbocycles. The third-order valence-electron chi connectivity index (χ3n) is 2.54. The first-order chi connectivity index (χ1) is 7.38. The molecule has 3 unspecified atom stereocenters. The average molecular weight is 248 g/mol. The van der Waals surface area contributed by atoms with E-state index >= 15 is 0 Å². The zero-order chi connectivity index (χ0) is 12.7. The van der Waals surface area contributed by atoms with Crippen LogP contribution in [-0.2, 0) is 15.6 Å². The fourth-order valence-electron chi connectivity index (χ4n) is 1.39. The van der Waals surface area contributed by atoms with Crippen molar-refractivity contribution < 1.29 is 9.00 Å². The molecule has 1 amide bonds. The van der Waals surface area contributed by atoms with Crippen LogP contribution in [0.2, 0.25) is 0 Å². The molecule has 0 aliphatic rings. The van der Waals surface area contributed by atoms with Crippen LogP contribution in [0.3, 0.4) is 0 Å². The van der Waals surface area contributed by atoms with E-state index in [2.05, 4.69) is 19.2 Å². The summed E-state index contributed by atoms with van der Waals surface area (Å²) in [6.07, 6.45) is 2.44. The molecule has 0 fully saturated rings. The lowest BCUT2D eigenvalue weighted by Gasteiger charge is -2.18. The molecule has 0 aromatic heterocycles. The molecule has 0 spiro atoms. The summed E-state index contributed by atoms with van der Waals surface area (Å²) in [5.41, 5.74) is 5.57. The molecule has 0 aromatic rings. The van der Waals surface area contributed by atoms with Crippen molar-refractivity contribution in [1.29, 1.82) is 0 Å². The predicted octanol–water partition coefficient (Wildman–Crippen LogP) is 0.491. The third-order valence-corrected chi connectivity index (χ3v) is 3.84. The molecule has 0 heterocycles. The Kier molecular flexibility index (Phi) is 7.58. The van der Waals surface area contributed by atoms with E-state index in [0.717, 1.165) is 6.42 Å². The first kappa shape index (κ1) is 15.6. The van der Waals surface area contributed by atoms with Gasteiger partial charge in [0.2, 0.25) is 5.91 Å². The molecule has 5 heteroatoms. The van der Waals surface area contributed by atoms with Crippen LogP contribution < -0.4 is 11.1 Å². The highest BCUT2D eigenvalue weighted by Crippen LogP contribution is 2.10. The SMILES string of the molecule is CC(C)CC(CN)C(=O)NCC(C)S(C)=O. The van der Waals surface area contributed by atoms with Crippen molar-refractivity contribution in [3.05, 3.63) is 0 Å². The van der Waals surface area contributed by atoms with E-state index in [4.69, 9.17) is 5.73 Å². The van der Waals surface area contributed by atoms with Gasteiger partial charge in [-0.25, -0.2) is 0 Å². The Balaban J connectivity index is 4.07. The Morgan fingerprint density at radius 3 is 2.31 bits per heavy atom. The van der Waals surface area contributed by atoms with E-state index in [-0.39, 0.29) is 17.1 Å². The average Bonchev–Trinajstić information content (AvgIpc) is 2.21. The Morgan fingerprint density at radius 1 is 1.38 bits per heavy atom. The van der Waals surface area contributed by atoms with Gasteiger partial charge in [-0.3, -0.25) is 9.00 Å². The summed E-state index contributed by atoms with van der Waals surface area (Å²) < 4.78 is 11.1. The summed E-state index contributed by atoms with van der Waals surface area (Å²) in [6.45, 7) is 6.82. The van der Waals surface area contributed by atoms with Gasteiger partial charge in [0.15, 0.2) is 0 Å². The monoisotopic (exact) mass is 248 g/mol. The topological polar surface area (TPSA) is 72.2 Å². The van der Waals surface area contributed by atoms with E-state index in [0.29, 0.717) is 19.0 Å². The van der Waals surface area contributed by atoms with Gasteiger partial charge < -0.3 is 11.1 Å². The number of carbonyl (C=O) groups is 1. The van der Waals surface area contributed by atoms with Crippen LogP contribution in [0.4, 0.5) is 0 Å². The summed E-state index contributed by atoms with van der Waals surface area (Å²) in [6, 6.07) is 0. The van der Waals surface area contributed by atoms with Gasteiger partial charge in [0.25, 0.3) is 0 Å². The second kappa shape index (κ2) is 7.79. The van der Waals surface area contributed by atoms with Crippen molar-refractivity contribution >= 4 is 16.7 Å². The van der Waals surface area contributed by atoms with Gasteiger partial charge in [0.05, 0.1) is 5.92 Å². The molecule has 0 radical (unpaired) electrons. The molecule has 16 heavy (non-hydrogen) atoms. The summed E-state index contributed by atoms with van der Waals surface area (Å²) >= 11 is 0. The molecular formula is C11H24N2O2S. The summed E-state index contributed by atoms with van der Waals surface area (Å²) in [7, 11) is -0.899. The third kappa shape index (κ3) is 6.23. The Labute approximate surface area is 101 Å². The highest BCUT2D eigenvalue weighted by molar-refractivity contribution is 7.84. The van der Waals surface area contributed by atoms with Crippen LogP contribution in [0, 0.1) is 11.8 Å². The fourth-order valence-corrected chi connectivity index (χ4v) is 1.70. The molecule has 0 saturated heterocycles. The van der Waals surface area contributed by atoms with Crippen molar-refractivity contribution in [3.8, 4) is 0 Å². The molecule has 4 nitrogen and oxygen atoms in total. The highest BCUT2D eigenvalue weighted by atomic mass is 32.2. The molecule has 3 N–H and O–H groups in total. The van der Waals surface area contributed by atoms with Gasteiger partial charge in [-0.2, -0.15) is 0 Å². The standard InChI is InChI=1S/C11H24N2O2S/c1-8(2)5-10(6-12)11(14)13-7-9(3)16(4)15/h8-10H,5-7,12H2,1-4H3,(H,13,14). The number of carbonyl (C=O) groups excluding carboxylic acids is 1. The van der Waals surface area contributed by atoms with Crippen molar-refractivity contribution in [2.75, 3.05) is 19.3 Å². The van der Waals surface area contributed by atoms with Crippen molar-refractivity contribution in [1.82, 2.24) is 5.32 Å². The lowest BCUT2D eigenvalue weighted by atomic mass is 9.96. The van der Waals surface area contributed by atoms with Gasteiger partial charge >= 0.3 is 0 Å². The van der Waals surface area contributed by atoms with Crippen molar-refractivity contribution in [3.63, 3.8) is 0 Å². The molecule has 0 aliphatic heterocycles. The smallest absolute Gasteiger partial charge is 0.224 e. The van der Waals surface area contributed by atoms with Gasteiger partial charge in [0, 0.05) is 35.4 Å². The van der Waals surface area contributed by atoms with Gasteiger partial charge in [-0.05, 0) is 19.3 Å². The Hall–Kier alpha value is -0.420. The molecular weight excluding hydrogens is 224 g/mol. The van der Waals surface area contributed by atoms with Crippen LogP contribution in [0.15, 0.2) is 0 Å². The van der Waals surface area contributed by atoms with Crippen LogP contribution in [0.25, 0.3) is 0 Å². The Morgan fingerprint density at radius 2 is 1.94 bits per heavy atom. The molecule has 0 saturated carbocycles. The number of hydrogen-bond acceptors (Lipinski definition) is 3. The van der Waals surface area contributed by atoms with Gasteiger partial charge in [0.1, 0.15) is 0 Å². The van der Waals surface area contributed by atoms with E-state index in [1.165, 1.54) is 0 Å². The number of hydrogen-bond donors (Lipinski definition) is 2. The maximum Gasteiger partial charge on any atom is 0.224 e. The maximum atomic E-state index is 11.7. The minimum atomic E-state index is -0.899. The second-order valence-corrected chi connectivity index (χ2v) is 6.42. The molecule has 96 valence electrons. The van der Waals surface area contributed by atoms with Crippen LogP contribution in [0.1, 0.15) is 27.2 Å². The minimum absolute atomic E-state index is 0.0126. The highest BCUT2D eigenvalue weighted by Gasteiger charge is 2.18. The molecule has 0 rings (SSSR count). The molecule has 0 aliphatic carbocycles. The van der Waals surface area contributed by atoms with Crippen LogP contribution in [0.5, 0.6) is 0 Å². The van der Waals surface area contributed by atoms with Crippen molar-refractivity contribution in [2.24, 2.45) is 17.6 Å². The first-order valence-corrected chi connectivity index (χ1v) is 7.30. The Bertz CT molecular complexity index is 244. The van der Waals surface area contributed by atoms with Crippen LogP contribution >= 0.6 is 0 Å². The minimum Gasteiger partial charge on any atom is -0.355 e. The van der Waals surface area contributed by atoms with E-state index in [1.54, 1.807) is 6.26 Å². The number of nitrogens with one attached hydrogen (secondary N) is 1. The second-order valence-electron chi connectivity index (χ2n) is 4.62. The summed E-state index contributed by atoms with van der Waals surface area (Å²) in [5, 5.41) is 2.80. The first-order valence-electron chi connectivity index (χ1n) is 5.68. The van der Waals surface area contributed by atoms with Crippen molar-refractivity contribution in [2.45, 2.75) is 32.4 Å². The molecule has 3 atom stereocenters. The summed E-state index contributed by atoms with van der Waals surface area (Å²) in [5.74, 6) is 0.308. The van der Waals surface area contributed by atoms with E-state index < -0.39 is 10.8 Å². The zero-order valence-corrected chi connectivity index (χ0v) is 11.5. The lowest BCUT2D eigenvalue weighted by molar-refractivity contribution is -0.125. The predicted molar refractivity (Wildman–Crippen MR) is 68.5 cm³/mol. The quantitative estimate of drug-likeness (QED) is 0.689. The lowest BCUT2D eigenvalue weighted by Crippen LogP contribution is -2.39. The van der Waals surface area contributed by atoms with Crippen LogP contribution in [-0.4, -0.2) is 34.7 Å². The number of rotatable bonds is 7. The maximum absolute atomic E-state index is 11.7. The van der Waals surface area contributed by atoms with E-state index in [9.17, 15) is 9.00 Å². The fraction of sp³-hybridized carbons (Fsp3) is 0.909. The largest absolute Gasteiger partial charge is 0.355 e. The summed E-state index contributed by atoms with van der Waals surface area (Å²) in [4.78, 5) is 11.7.